The van der Waals surface area contributed by atoms with Gasteiger partial charge >= 0.3 is 0 Å². The highest BCUT2D eigenvalue weighted by atomic mass is 19.1. The fraction of sp³-hybridized carbons (Fsp3) is 0.233. The Morgan fingerprint density at radius 3 is 2.38 bits per heavy atom. The van der Waals surface area contributed by atoms with Crippen molar-refractivity contribution in [2.45, 2.75) is 25.7 Å². The molecule has 1 fully saturated rings. The van der Waals surface area contributed by atoms with Crippen LogP contribution in [-0.2, 0) is 7.05 Å². The summed E-state index contributed by atoms with van der Waals surface area (Å²) in [5.74, 6) is -0.784. The minimum absolute atomic E-state index is 0.0332. The first-order valence-electron chi connectivity index (χ1n) is 12.4. The number of amides is 2. The largest absolute Gasteiger partial charge is 0.339 e. The molecular formula is C30H29FN4O2. The van der Waals surface area contributed by atoms with E-state index >= 15 is 0 Å². The van der Waals surface area contributed by atoms with Gasteiger partial charge in [-0.1, -0.05) is 42.5 Å². The second kappa shape index (κ2) is 10.4. The summed E-state index contributed by atoms with van der Waals surface area (Å²) in [6.07, 6.45) is 5.64. The standard InChI is InChI=1S/C30H29FN4O2/c1-20-7-8-24(17-28(20)33-29(36)26-5-3-4-6-27(26)31)30(37)35-15-13-23(14-16-35)21-9-11-22(12-10-21)25-18-32-34(2)19-25/h3-12,17-19,23H,13-16H2,1-2H3,(H,33,36). The average Bonchev–Trinajstić information content (AvgIpc) is 3.36. The first-order valence-corrected chi connectivity index (χ1v) is 12.4. The van der Waals surface area contributed by atoms with Crippen molar-refractivity contribution in [3.63, 3.8) is 0 Å². The van der Waals surface area contributed by atoms with Crippen molar-refractivity contribution in [2.75, 3.05) is 18.4 Å². The maximum Gasteiger partial charge on any atom is 0.258 e. The molecular weight excluding hydrogens is 467 g/mol. The lowest BCUT2D eigenvalue weighted by Crippen LogP contribution is -2.38. The van der Waals surface area contributed by atoms with Gasteiger partial charge in [-0.3, -0.25) is 14.3 Å². The average molecular weight is 497 g/mol. The molecule has 6 nitrogen and oxygen atoms in total. The number of hydrogen-bond donors (Lipinski definition) is 1. The van der Waals surface area contributed by atoms with Crippen LogP contribution >= 0.6 is 0 Å². The van der Waals surface area contributed by atoms with Crippen LogP contribution in [0.15, 0.2) is 79.1 Å². The van der Waals surface area contributed by atoms with Gasteiger partial charge in [0.15, 0.2) is 0 Å². The second-order valence-corrected chi connectivity index (χ2v) is 9.55. The highest BCUT2D eigenvalue weighted by molar-refractivity contribution is 6.05. The summed E-state index contributed by atoms with van der Waals surface area (Å²) in [5.41, 5.74) is 5.30. The molecule has 2 amide bonds. The second-order valence-electron chi connectivity index (χ2n) is 9.55. The number of nitrogens with zero attached hydrogens (tertiary/aromatic N) is 3. The number of aryl methyl sites for hydroxylation is 2. The van der Waals surface area contributed by atoms with Gasteiger partial charge in [-0.2, -0.15) is 5.10 Å². The van der Waals surface area contributed by atoms with E-state index in [-0.39, 0.29) is 11.5 Å². The molecule has 0 spiro atoms. The molecule has 0 atom stereocenters. The molecule has 7 heteroatoms. The fourth-order valence-corrected chi connectivity index (χ4v) is 4.84. The van der Waals surface area contributed by atoms with Crippen molar-refractivity contribution in [2.24, 2.45) is 7.05 Å². The Morgan fingerprint density at radius 2 is 1.70 bits per heavy atom. The number of aromatic nitrogens is 2. The zero-order chi connectivity index (χ0) is 25.9. The third kappa shape index (κ3) is 5.31. The molecule has 1 aliphatic heterocycles. The molecule has 1 aliphatic rings. The van der Waals surface area contributed by atoms with Crippen molar-refractivity contribution in [1.29, 1.82) is 0 Å². The van der Waals surface area contributed by atoms with Crippen molar-refractivity contribution >= 4 is 17.5 Å². The van der Waals surface area contributed by atoms with E-state index in [1.165, 1.54) is 23.8 Å². The minimum Gasteiger partial charge on any atom is -0.339 e. The third-order valence-electron chi connectivity index (χ3n) is 7.05. The molecule has 0 unspecified atom stereocenters. The van der Waals surface area contributed by atoms with E-state index < -0.39 is 11.7 Å². The van der Waals surface area contributed by atoms with E-state index in [4.69, 9.17) is 0 Å². The molecule has 37 heavy (non-hydrogen) atoms. The predicted octanol–water partition coefficient (Wildman–Crippen LogP) is 5.81. The summed E-state index contributed by atoms with van der Waals surface area (Å²) in [6, 6.07) is 19.7. The summed E-state index contributed by atoms with van der Waals surface area (Å²) >= 11 is 0. The number of piperidine rings is 1. The number of benzene rings is 3. The summed E-state index contributed by atoms with van der Waals surface area (Å²) in [5, 5.41) is 7.00. The van der Waals surface area contributed by atoms with E-state index in [2.05, 4.69) is 34.7 Å². The lowest BCUT2D eigenvalue weighted by atomic mass is 9.88. The van der Waals surface area contributed by atoms with E-state index in [1.807, 2.05) is 31.3 Å². The number of carbonyl (C=O) groups excluding carboxylic acids is 2. The Labute approximate surface area is 215 Å². The first kappa shape index (κ1) is 24.4. The van der Waals surface area contributed by atoms with E-state index in [9.17, 15) is 14.0 Å². The van der Waals surface area contributed by atoms with Gasteiger partial charge in [-0.15, -0.1) is 0 Å². The molecule has 1 aromatic heterocycles. The topological polar surface area (TPSA) is 67.2 Å². The Balaban J connectivity index is 1.22. The summed E-state index contributed by atoms with van der Waals surface area (Å²) in [4.78, 5) is 27.7. The molecule has 1 N–H and O–H groups in total. The van der Waals surface area contributed by atoms with Crippen molar-refractivity contribution < 1.29 is 14.0 Å². The van der Waals surface area contributed by atoms with Crippen LogP contribution in [0.1, 0.15) is 50.6 Å². The zero-order valence-corrected chi connectivity index (χ0v) is 20.9. The van der Waals surface area contributed by atoms with Crippen LogP contribution in [0.2, 0.25) is 0 Å². The van der Waals surface area contributed by atoms with Crippen LogP contribution in [0.25, 0.3) is 11.1 Å². The molecule has 1 saturated heterocycles. The van der Waals surface area contributed by atoms with Gasteiger partial charge in [0.1, 0.15) is 5.82 Å². The molecule has 0 bridgehead atoms. The molecule has 4 aromatic rings. The van der Waals surface area contributed by atoms with Crippen molar-refractivity contribution in [1.82, 2.24) is 14.7 Å². The van der Waals surface area contributed by atoms with Crippen LogP contribution in [0.5, 0.6) is 0 Å². The van der Waals surface area contributed by atoms with Gasteiger partial charge in [0.25, 0.3) is 11.8 Å². The molecule has 188 valence electrons. The van der Waals surface area contributed by atoms with Crippen LogP contribution < -0.4 is 5.32 Å². The quantitative estimate of drug-likeness (QED) is 0.379. The highest BCUT2D eigenvalue weighted by Crippen LogP contribution is 2.31. The SMILES string of the molecule is Cc1ccc(C(=O)N2CCC(c3ccc(-c4cnn(C)c4)cc3)CC2)cc1NC(=O)c1ccccc1F. The van der Waals surface area contributed by atoms with Crippen LogP contribution in [0, 0.1) is 12.7 Å². The maximum absolute atomic E-state index is 14.0. The van der Waals surface area contributed by atoms with Gasteiger partial charge in [0.2, 0.25) is 0 Å². The van der Waals surface area contributed by atoms with Gasteiger partial charge in [-0.25, -0.2) is 4.39 Å². The van der Waals surface area contributed by atoms with Crippen LogP contribution in [0.4, 0.5) is 10.1 Å². The van der Waals surface area contributed by atoms with Crippen LogP contribution in [-0.4, -0.2) is 39.6 Å². The zero-order valence-electron chi connectivity index (χ0n) is 20.9. The number of rotatable bonds is 5. The molecule has 0 radical (unpaired) electrons. The number of hydrogen-bond acceptors (Lipinski definition) is 3. The normalized spacial score (nSPS) is 14.0. The highest BCUT2D eigenvalue weighted by Gasteiger charge is 2.25. The van der Waals surface area contributed by atoms with Gasteiger partial charge < -0.3 is 10.2 Å². The first-order chi connectivity index (χ1) is 17.9. The molecule has 0 saturated carbocycles. The van der Waals surface area contributed by atoms with Crippen LogP contribution in [0.3, 0.4) is 0 Å². The smallest absolute Gasteiger partial charge is 0.258 e. The summed E-state index contributed by atoms with van der Waals surface area (Å²) < 4.78 is 15.8. The lowest BCUT2D eigenvalue weighted by Gasteiger charge is -2.32. The number of carbonyl (C=O) groups is 2. The van der Waals surface area contributed by atoms with Gasteiger partial charge in [0.05, 0.1) is 11.8 Å². The van der Waals surface area contributed by atoms with Gasteiger partial charge in [-0.05, 0) is 66.6 Å². The predicted molar refractivity (Wildman–Crippen MR) is 142 cm³/mol. The lowest BCUT2D eigenvalue weighted by molar-refractivity contribution is 0.0712. The van der Waals surface area contributed by atoms with E-state index in [1.54, 1.807) is 28.9 Å². The fourth-order valence-electron chi connectivity index (χ4n) is 4.84. The summed E-state index contributed by atoms with van der Waals surface area (Å²) in [7, 11) is 1.91. The summed E-state index contributed by atoms with van der Waals surface area (Å²) in [6.45, 7) is 3.17. The number of nitrogens with one attached hydrogen (secondary N) is 1. The number of halogens is 1. The molecule has 3 aromatic carbocycles. The third-order valence-corrected chi connectivity index (χ3v) is 7.05. The molecule has 5 rings (SSSR count). The van der Waals surface area contributed by atoms with Gasteiger partial charge in [0, 0.05) is 43.1 Å². The maximum atomic E-state index is 14.0. The Kier molecular flexibility index (Phi) is 6.86. The number of likely N-dealkylation sites (tertiary alicyclic amines) is 1. The van der Waals surface area contributed by atoms with E-state index in [0.29, 0.717) is 30.3 Å². The van der Waals surface area contributed by atoms with Crippen molar-refractivity contribution in [3.8, 4) is 11.1 Å². The van der Waals surface area contributed by atoms with Crippen molar-refractivity contribution in [3.05, 3.63) is 107 Å². The minimum atomic E-state index is -0.584. The Bertz CT molecular complexity index is 1440. The molecule has 0 aliphatic carbocycles. The number of anilines is 1. The Morgan fingerprint density at radius 1 is 0.973 bits per heavy atom. The van der Waals surface area contributed by atoms with E-state index in [0.717, 1.165) is 29.5 Å². The Hall–Kier alpha value is -4.26. The molecule has 2 heterocycles. The monoisotopic (exact) mass is 496 g/mol.